The molecule has 1 aliphatic rings. The summed E-state index contributed by atoms with van der Waals surface area (Å²) >= 11 is 0. The van der Waals surface area contributed by atoms with Crippen LogP contribution in [0, 0.1) is 0 Å². The fraction of sp³-hybridized carbons (Fsp3) is 0.409. The largest absolute Gasteiger partial charge is 0.378 e. The van der Waals surface area contributed by atoms with E-state index in [4.69, 9.17) is 4.74 Å². The van der Waals surface area contributed by atoms with Crippen LogP contribution in [-0.4, -0.2) is 43.7 Å². The molecule has 1 unspecified atom stereocenters. The van der Waals surface area contributed by atoms with Gasteiger partial charge in [0.15, 0.2) is 0 Å². The zero-order valence-corrected chi connectivity index (χ0v) is 15.5. The van der Waals surface area contributed by atoms with Crippen molar-refractivity contribution >= 4 is 5.91 Å². The molecule has 1 fully saturated rings. The lowest BCUT2D eigenvalue weighted by molar-refractivity contribution is -0.136. The Kier molecular flexibility index (Phi) is 6.81. The molecule has 2 aromatic rings. The number of hydrogen-bond acceptors (Lipinski definition) is 3. The quantitative estimate of drug-likeness (QED) is 0.833. The van der Waals surface area contributed by atoms with Crippen LogP contribution in [0.15, 0.2) is 54.6 Å². The molecule has 4 heteroatoms. The summed E-state index contributed by atoms with van der Waals surface area (Å²) in [6.07, 6.45) is 1.05. The van der Waals surface area contributed by atoms with Crippen LogP contribution in [0.4, 0.5) is 0 Å². The van der Waals surface area contributed by atoms with E-state index in [2.05, 4.69) is 36.5 Å². The summed E-state index contributed by atoms with van der Waals surface area (Å²) in [5.41, 5.74) is 3.66. The number of hydrogen-bond donors (Lipinski definition) is 1. The second kappa shape index (κ2) is 9.51. The highest BCUT2D eigenvalue weighted by Gasteiger charge is 2.26. The van der Waals surface area contributed by atoms with Crippen LogP contribution >= 0.6 is 0 Å². The number of rotatable bonds is 7. The molecule has 0 radical (unpaired) electrons. The van der Waals surface area contributed by atoms with Crippen LogP contribution in [0.5, 0.6) is 0 Å². The fourth-order valence-corrected chi connectivity index (χ4v) is 3.29. The van der Waals surface area contributed by atoms with E-state index in [0.29, 0.717) is 32.8 Å². The third kappa shape index (κ3) is 4.93. The minimum atomic E-state index is -0.163. The van der Waals surface area contributed by atoms with Gasteiger partial charge < -0.3 is 15.0 Å². The van der Waals surface area contributed by atoms with E-state index in [1.165, 1.54) is 11.1 Å². The van der Waals surface area contributed by atoms with E-state index < -0.39 is 0 Å². The van der Waals surface area contributed by atoms with Gasteiger partial charge in [-0.15, -0.1) is 0 Å². The summed E-state index contributed by atoms with van der Waals surface area (Å²) < 4.78 is 5.38. The number of aryl methyl sites for hydroxylation is 1. The lowest BCUT2D eigenvalue weighted by Crippen LogP contribution is -2.45. The Balaban J connectivity index is 1.64. The maximum Gasteiger partial charge on any atom is 0.231 e. The van der Waals surface area contributed by atoms with Crippen LogP contribution in [0.3, 0.4) is 0 Å². The number of carbonyl (C=O) groups excluding carboxylic acids is 1. The molecule has 0 spiro atoms. The van der Waals surface area contributed by atoms with Gasteiger partial charge >= 0.3 is 0 Å². The van der Waals surface area contributed by atoms with E-state index in [9.17, 15) is 4.79 Å². The monoisotopic (exact) mass is 352 g/mol. The first-order valence-corrected chi connectivity index (χ1v) is 9.48. The normalized spacial score (nSPS) is 15.7. The van der Waals surface area contributed by atoms with Crippen molar-refractivity contribution in [3.63, 3.8) is 0 Å². The molecule has 1 aliphatic heterocycles. The lowest BCUT2D eigenvalue weighted by Gasteiger charge is -2.30. The zero-order chi connectivity index (χ0) is 18.2. The molecule has 0 aromatic heterocycles. The molecular formula is C22H28N2O2. The Morgan fingerprint density at radius 1 is 1.04 bits per heavy atom. The molecule has 138 valence electrons. The molecule has 1 amide bonds. The highest BCUT2D eigenvalue weighted by atomic mass is 16.5. The predicted molar refractivity (Wildman–Crippen MR) is 104 cm³/mol. The third-order valence-electron chi connectivity index (χ3n) is 4.93. The van der Waals surface area contributed by atoms with E-state index >= 15 is 0 Å². The van der Waals surface area contributed by atoms with Gasteiger partial charge in [0.1, 0.15) is 0 Å². The summed E-state index contributed by atoms with van der Waals surface area (Å²) in [6.45, 7) is 6.19. The highest BCUT2D eigenvalue weighted by Crippen LogP contribution is 2.19. The van der Waals surface area contributed by atoms with E-state index in [1.54, 1.807) is 0 Å². The summed E-state index contributed by atoms with van der Waals surface area (Å²) in [4.78, 5) is 15.0. The van der Waals surface area contributed by atoms with Crippen molar-refractivity contribution in [2.24, 2.45) is 0 Å². The molecule has 1 atom stereocenters. The molecule has 26 heavy (non-hydrogen) atoms. The Labute approximate surface area is 156 Å². The molecule has 0 saturated carbocycles. The summed E-state index contributed by atoms with van der Waals surface area (Å²) in [7, 11) is 0. The number of nitrogens with zero attached hydrogens (tertiary/aromatic N) is 1. The highest BCUT2D eigenvalue weighted by molar-refractivity contribution is 5.84. The summed E-state index contributed by atoms with van der Waals surface area (Å²) in [5, 5.41) is 3.48. The smallest absolute Gasteiger partial charge is 0.231 e. The predicted octanol–water partition coefficient (Wildman–Crippen LogP) is 2.98. The molecule has 4 nitrogen and oxygen atoms in total. The third-order valence-corrected chi connectivity index (χ3v) is 4.93. The SMILES string of the molecule is CCc1ccc(CNCC(C(=O)N2CCOCC2)c2ccccc2)cc1. The number of nitrogens with one attached hydrogen (secondary N) is 1. The topological polar surface area (TPSA) is 41.6 Å². The second-order valence-corrected chi connectivity index (χ2v) is 6.70. The van der Waals surface area contributed by atoms with Gasteiger partial charge in [-0.05, 0) is 23.1 Å². The molecule has 0 aliphatic carbocycles. The van der Waals surface area contributed by atoms with Crippen molar-refractivity contribution in [2.45, 2.75) is 25.8 Å². The van der Waals surface area contributed by atoms with Crippen LogP contribution in [0.25, 0.3) is 0 Å². The summed E-state index contributed by atoms with van der Waals surface area (Å²) in [5.74, 6) is 0.0255. The average molecular weight is 352 g/mol. The van der Waals surface area contributed by atoms with Gasteiger partial charge in [0.25, 0.3) is 0 Å². The molecule has 3 rings (SSSR count). The first kappa shape index (κ1) is 18.6. The van der Waals surface area contributed by atoms with E-state index in [1.807, 2.05) is 35.2 Å². The number of ether oxygens (including phenoxy) is 1. The maximum atomic E-state index is 13.1. The van der Waals surface area contributed by atoms with E-state index in [-0.39, 0.29) is 11.8 Å². The standard InChI is InChI=1S/C22H28N2O2/c1-2-18-8-10-19(11-9-18)16-23-17-21(20-6-4-3-5-7-20)22(25)24-12-14-26-15-13-24/h3-11,21,23H,2,12-17H2,1H3. The number of benzene rings is 2. The van der Waals surface area contributed by atoms with Gasteiger partial charge in [-0.3, -0.25) is 4.79 Å². The van der Waals surface area contributed by atoms with Crippen molar-refractivity contribution < 1.29 is 9.53 Å². The van der Waals surface area contributed by atoms with Crippen LogP contribution < -0.4 is 5.32 Å². The minimum absolute atomic E-state index is 0.163. The number of carbonyl (C=O) groups is 1. The maximum absolute atomic E-state index is 13.1. The molecule has 1 heterocycles. The first-order chi connectivity index (χ1) is 12.8. The van der Waals surface area contributed by atoms with Crippen molar-refractivity contribution in [3.05, 3.63) is 71.3 Å². The molecule has 2 aromatic carbocycles. The van der Waals surface area contributed by atoms with Gasteiger partial charge in [0.05, 0.1) is 19.1 Å². The first-order valence-electron chi connectivity index (χ1n) is 9.48. The van der Waals surface area contributed by atoms with Gasteiger partial charge in [-0.2, -0.15) is 0 Å². The number of amides is 1. The number of morpholine rings is 1. The van der Waals surface area contributed by atoms with Gasteiger partial charge in [-0.25, -0.2) is 0 Å². The zero-order valence-electron chi connectivity index (χ0n) is 15.5. The van der Waals surface area contributed by atoms with Crippen molar-refractivity contribution in [3.8, 4) is 0 Å². The molecule has 1 saturated heterocycles. The Morgan fingerprint density at radius 3 is 2.35 bits per heavy atom. The Hall–Kier alpha value is -2.17. The van der Waals surface area contributed by atoms with Crippen LogP contribution in [-0.2, 0) is 22.5 Å². The molecular weight excluding hydrogens is 324 g/mol. The summed E-state index contributed by atoms with van der Waals surface area (Å²) in [6, 6.07) is 18.7. The minimum Gasteiger partial charge on any atom is -0.378 e. The lowest BCUT2D eigenvalue weighted by atomic mass is 9.97. The van der Waals surface area contributed by atoms with Crippen LogP contribution in [0.1, 0.15) is 29.5 Å². The second-order valence-electron chi connectivity index (χ2n) is 6.70. The van der Waals surface area contributed by atoms with Gasteiger partial charge in [-0.1, -0.05) is 61.5 Å². The van der Waals surface area contributed by atoms with Gasteiger partial charge in [0, 0.05) is 26.2 Å². The fourth-order valence-electron chi connectivity index (χ4n) is 3.29. The van der Waals surface area contributed by atoms with E-state index in [0.717, 1.165) is 18.5 Å². The average Bonchev–Trinajstić information content (AvgIpc) is 2.72. The van der Waals surface area contributed by atoms with Crippen molar-refractivity contribution in [2.75, 3.05) is 32.8 Å². The van der Waals surface area contributed by atoms with Crippen LogP contribution in [0.2, 0.25) is 0 Å². The van der Waals surface area contributed by atoms with Gasteiger partial charge in [0.2, 0.25) is 5.91 Å². The van der Waals surface area contributed by atoms with Crippen molar-refractivity contribution in [1.29, 1.82) is 0 Å². The molecule has 1 N–H and O–H groups in total. The Bertz CT molecular complexity index is 679. The molecule has 0 bridgehead atoms. The Morgan fingerprint density at radius 2 is 1.69 bits per heavy atom. The van der Waals surface area contributed by atoms with Crippen molar-refractivity contribution in [1.82, 2.24) is 10.2 Å².